The molecule has 1 fully saturated rings. The summed E-state index contributed by atoms with van der Waals surface area (Å²) in [7, 11) is 1.86. The molecule has 24 heavy (non-hydrogen) atoms. The molecule has 2 atom stereocenters. The molecule has 0 radical (unpaired) electrons. The summed E-state index contributed by atoms with van der Waals surface area (Å²) >= 11 is 0. The van der Waals surface area contributed by atoms with Gasteiger partial charge in [0.25, 0.3) is 0 Å². The predicted octanol–water partition coefficient (Wildman–Crippen LogP) is 2.27. The van der Waals surface area contributed by atoms with Gasteiger partial charge >= 0.3 is 5.97 Å². The lowest BCUT2D eigenvalue weighted by Crippen LogP contribution is -2.43. The summed E-state index contributed by atoms with van der Waals surface area (Å²) in [6.07, 6.45) is 4.43. The maximum Gasteiger partial charge on any atom is 0.308 e. The van der Waals surface area contributed by atoms with Crippen LogP contribution in [0.25, 0.3) is 10.9 Å². The highest BCUT2D eigenvalue weighted by Gasteiger charge is 2.30. The van der Waals surface area contributed by atoms with Gasteiger partial charge in [-0.15, -0.1) is 0 Å². The number of aliphatic carboxylic acids is 1. The van der Waals surface area contributed by atoms with Crippen LogP contribution in [0.2, 0.25) is 0 Å². The zero-order valence-electron chi connectivity index (χ0n) is 13.9. The lowest BCUT2D eigenvalue weighted by molar-refractivity contribution is -0.143. The van der Waals surface area contributed by atoms with Gasteiger partial charge in [-0.25, -0.2) is 0 Å². The lowest BCUT2D eigenvalue weighted by Gasteiger charge is -2.22. The van der Waals surface area contributed by atoms with Gasteiger partial charge in [-0.1, -0.05) is 37.5 Å². The van der Waals surface area contributed by atoms with Crippen molar-refractivity contribution in [2.75, 3.05) is 0 Å². The Labute approximate surface area is 140 Å². The number of para-hydroxylation sites is 1. The van der Waals surface area contributed by atoms with Crippen molar-refractivity contribution < 1.29 is 14.7 Å². The Bertz CT molecular complexity index is 753. The van der Waals surface area contributed by atoms with Gasteiger partial charge in [0.1, 0.15) is 0 Å². The zero-order valence-corrected chi connectivity index (χ0v) is 13.9. The lowest BCUT2D eigenvalue weighted by atomic mass is 9.94. The van der Waals surface area contributed by atoms with E-state index in [0.717, 1.165) is 42.3 Å². The molecule has 1 aromatic carbocycles. The maximum atomic E-state index is 12.5. The number of amides is 1. The molecule has 0 saturated heterocycles. The molecule has 1 aliphatic carbocycles. The average molecular weight is 329 g/mol. The van der Waals surface area contributed by atoms with E-state index in [9.17, 15) is 14.7 Å². The van der Waals surface area contributed by atoms with E-state index in [1.54, 1.807) is 4.68 Å². The molecule has 128 valence electrons. The average Bonchev–Trinajstić information content (AvgIpc) is 2.73. The number of benzene rings is 1. The number of aryl methyl sites for hydroxylation is 1. The third kappa shape index (κ3) is 3.42. The molecule has 6 nitrogen and oxygen atoms in total. The molecule has 3 rings (SSSR count). The normalized spacial score (nSPS) is 21.4. The summed E-state index contributed by atoms with van der Waals surface area (Å²) in [5.74, 6) is -1.46. The maximum absolute atomic E-state index is 12.5. The minimum Gasteiger partial charge on any atom is -0.481 e. The smallest absolute Gasteiger partial charge is 0.308 e. The van der Waals surface area contributed by atoms with Crippen molar-refractivity contribution in [3.05, 3.63) is 30.0 Å². The monoisotopic (exact) mass is 329 g/mol. The van der Waals surface area contributed by atoms with Gasteiger partial charge in [0.05, 0.1) is 23.5 Å². The number of carboxylic acid groups (broad SMARTS) is 1. The Morgan fingerprint density at radius 2 is 2.00 bits per heavy atom. The van der Waals surface area contributed by atoms with Crippen LogP contribution in [0.5, 0.6) is 0 Å². The quantitative estimate of drug-likeness (QED) is 0.843. The summed E-state index contributed by atoms with van der Waals surface area (Å²) in [6.45, 7) is 0. The van der Waals surface area contributed by atoms with E-state index in [1.807, 2.05) is 31.3 Å². The van der Waals surface area contributed by atoms with E-state index in [1.165, 1.54) is 0 Å². The summed E-state index contributed by atoms with van der Waals surface area (Å²) < 4.78 is 1.77. The number of nitrogens with zero attached hydrogens (tertiary/aromatic N) is 2. The first-order valence-corrected chi connectivity index (χ1v) is 8.49. The molecule has 0 bridgehead atoms. The third-order valence-electron chi connectivity index (χ3n) is 4.84. The van der Waals surface area contributed by atoms with E-state index in [-0.39, 0.29) is 18.4 Å². The second-order valence-corrected chi connectivity index (χ2v) is 6.52. The highest BCUT2D eigenvalue weighted by atomic mass is 16.4. The molecule has 2 aromatic rings. The van der Waals surface area contributed by atoms with Gasteiger partial charge in [-0.3, -0.25) is 14.3 Å². The fraction of sp³-hybridized carbons (Fsp3) is 0.500. The topological polar surface area (TPSA) is 84.2 Å². The number of nitrogens with one attached hydrogen (secondary N) is 1. The van der Waals surface area contributed by atoms with Crippen LogP contribution in [0.15, 0.2) is 24.3 Å². The van der Waals surface area contributed by atoms with Gasteiger partial charge < -0.3 is 10.4 Å². The molecule has 6 heteroatoms. The minimum absolute atomic E-state index is 0.156. The van der Waals surface area contributed by atoms with Crippen molar-refractivity contribution >= 4 is 22.8 Å². The van der Waals surface area contributed by atoms with Crippen molar-refractivity contribution in [2.24, 2.45) is 13.0 Å². The standard InChI is InChI=1S/C18H23N3O3/c1-21-16-10-6-5-7-12(16)15(20-21)11-17(22)19-14-9-4-2-3-8-13(14)18(23)24/h5-7,10,13-14H,2-4,8-9,11H2,1H3,(H,19,22)(H,23,24)/t13-,14+/m1/s1. The number of aromatic nitrogens is 2. The van der Waals surface area contributed by atoms with Crippen LogP contribution < -0.4 is 5.32 Å². The summed E-state index contributed by atoms with van der Waals surface area (Å²) in [5.41, 5.74) is 1.71. The highest BCUT2D eigenvalue weighted by Crippen LogP contribution is 2.24. The third-order valence-corrected chi connectivity index (χ3v) is 4.84. The number of carbonyl (C=O) groups is 2. The fourth-order valence-electron chi connectivity index (χ4n) is 3.61. The van der Waals surface area contributed by atoms with Gasteiger partial charge in [0.15, 0.2) is 0 Å². The van der Waals surface area contributed by atoms with Crippen molar-refractivity contribution in [3.63, 3.8) is 0 Å². The number of rotatable bonds is 4. The van der Waals surface area contributed by atoms with Crippen LogP contribution in [-0.2, 0) is 23.1 Å². The van der Waals surface area contributed by atoms with E-state index >= 15 is 0 Å². The van der Waals surface area contributed by atoms with Gasteiger partial charge in [0.2, 0.25) is 5.91 Å². The molecule has 0 unspecified atom stereocenters. The SMILES string of the molecule is Cn1nc(CC(=O)N[C@H]2CCCCC[C@H]2C(=O)O)c2ccccc21. The Kier molecular flexibility index (Phi) is 4.83. The van der Waals surface area contributed by atoms with E-state index in [2.05, 4.69) is 10.4 Å². The van der Waals surface area contributed by atoms with Crippen molar-refractivity contribution in [1.29, 1.82) is 0 Å². The van der Waals surface area contributed by atoms with Crippen LogP contribution >= 0.6 is 0 Å². The Hall–Kier alpha value is -2.37. The first-order valence-electron chi connectivity index (χ1n) is 8.49. The molecule has 0 aliphatic heterocycles. The van der Waals surface area contributed by atoms with E-state index in [0.29, 0.717) is 6.42 Å². The number of hydrogen-bond donors (Lipinski definition) is 2. The number of carboxylic acids is 1. The van der Waals surface area contributed by atoms with Gasteiger partial charge in [0, 0.05) is 18.5 Å². The molecule has 1 aliphatic rings. The Morgan fingerprint density at radius 1 is 1.25 bits per heavy atom. The van der Waals surface area contributed by atoms with E-state index in [4.69, 9.17) is 0 Å². The number of hydrogen-bond acceptors (Lipinski definition) is 3. The highest BCUT2D eigenvalue weighted by molar-refractivity contribution is 5.88. The second kappa shape index (κ2) is 7.03. The molecular formula is C18H23N3O3. The number of fused-ring (bicyclic) bond motifs is 1. The molecule has 1 amide bonds. The summed E-state index contributed by atoms with van der Waals surface area (Å²) in [4.78, 5) is 23.9. The molecule has 1 saturated carbocycles. The molecule has 2 N–H and O–H groups in total. The summed E-state index contributed by atoms with van der Waals surface area (Å²) in [6, 6.07) is 7.51. The van der Waals surface area contributed by atoms with Crippen LogP contribution in [0.1, 0.15) is 37.8 Å². The predicted molar refractivity (Wildman–Crippen MR) is 90.6 cm³/mol. The van der Waals surface area contributed by atoms with Crippen molar-refractivity contribution in [3.8, 4) is 0 Å². The van der Waals surface area contributed by atoms with Crippen LogP contribution in [0.4, 0.5) is 0 Å². The zero-order chi connectivity index (χ0) is 17.1. The molecule has 1 heterocycles. The second-order valence-electron chi connectivity index (χ2n) is 6.52. The van der Waals surface area contributed by atoms with Crippen molar-refractivity contribution in [2.45, 2.75) is 44.6 Å². The largest absolute Gasteiger partial charge is 0.481 e. The first-order chi connectivity index (χ1) is 11.6. The fourth-order valence-corrected chi connectivity index (χ4v) is 3.61. The van der Waals surface area contributed by atoms with Crippen LogP contribution in [0.3, 0.4) is 0 Å². The van der Waals surface area contributed by atoms with Crippen LogP contribution in [-0.4, -0.2) is 32.8 Å². The first kappa shape index (κ1) is 16.5. The number of carbonyl (C=O) groups excluding carboxylic acids is 1. The molecule has 0 spiro atoms. The Balaban J connectivity index is 1.73. The van der Waals surface area contributed by atoms with Crippen LogP contribution in [0, 0.1) is 5.92 Å². The molecular weight excluding hydrogens is 306 g/mol. The minimum atomic E-state index is -0.814. The van der Waals surface area contributed by atoms with E-state index < -0.39 is 11.9 Å². The van der Waals surface area contributed by atoms with Crippen molar-refractivity contribution in [1.82, 2.24) is 15.1 Å². The molecule has 1 aromatic heterocycles. The Morgan fingerprint density at radius 3 is 2.79 bits per heavy atom. The summed E-state index contributed by atoms with van der Waals surface area (Å²) in [5, 5.41) is 17.8. The van der Waals surface area contributed by atoms with Gasteiger partial charge in [-0.05, 0) is 18.9 Å². The van der Waals surface area contributed by atoms with Gasteiger partial charge in [-0.2, -0.15) is 5.10 Å².